The smallest absolute Gasteiger partial charge is 0.255 e. The number of nitrogens with zero attached hydrogens (tertiary/aromatic N) is 3. The summed E-state index contributed by atoms with van der Waals surface area (Å²) in [4.78, 5) is 18.0. The minimum Gasteiger partial charge on any atom is -0.497 e. The van der Waals surface area contributed by atoms with E-state index >= 15 is 0 Å². The van der Waals surface area contributed by atoms with Crippen LogP contribution < -0.4 is 14.4 Å². The highest BCUT2D eigenvalue weighted by molar-refractivity contribution is 6.30. The largest absolute Gasteiger partial charge is 0.497 e. The third-order valence-corrected chi connectivity index (χ3v) is 7.20. The van der Waals surface area contributed by atoms with Crippen LogP contribution in [0.2, 0.25) is 5.02 Å². The average Bonchev–Trinajstić information content (AvgIpc) is 3.30. The maximum atomic E-state index is 13.8. The summed E-state index contributed by atoms with van der Waals surface area (Å²) in [5, 5.41) is 0.675. The molecule has 0 unspecified atom stereocenters. The van der Waals surface area contributed by atoms with Gasteiger partial charge in [-0.3, -0.25) is 4.79 Å². The number of halogens is 1. The highest BCUT2D eigenvalue weighted by Gasteiger charge is 2.27. The van der Waals surface area contributed by atoms with Gasteiger partial charge in [0.05, 0.1) is 25.5 Å². The molecule has 4 aromatic rings. The predicted octanol–water partition coefficient (Wildman–Crippen LogP) is 6.09. The second kappa shape index (κ2) is 10.6. The Labute approximate surface area is 222 Å². The van der Waals surface area contributed by atoms with Crippen molar-refractivity contribution in [3.05, 3.63) is 95.1 Å². The Morgan fingerprint density at radius 3 is 1.84 bits per heavy atom. The van der Waals surface area contributed by atoms with Crippen LogP contribution in [0.4, 0.5) is 5.69 Å². The summed E-state index contributed by atoms with van der Waals surface area (Å²) in [7, 11) is 3.32. The summed E-state index contributed by atoms with van der Waals surface area (Å²) in [6.45, 7) is 4.88. The van der Waals surface area contributed by atoms with E-state index in [1.54, 1.807) is 14.2 Å². The van der Waals surface area contributed by atoms with Crippen LogP contribution in [0.5, 0.6) is 11.5 Å². The van der Waals surface area contributed by atoms with Crippen molar-refractivity contribution in [3.63, 3.8) is 0 Å². The van der Waals surface area contributed by atoms with Crippen LogP contribution in [0, 0.1) is 6.92 Å². The molecular weight excluding hydrogens is 486 g/mol. The van der Waals surface area contributed by atoms with Gasteiger partial charge in [0, 0.05) is 48.3 Å². The van der Waals surface area contributed by atoms with E-state index in [0.717, 1.165) is 52.9 Å². The zero-order valence-electron chi connectivity index (χ0n) is 21.3. The first-order chi connectivity index (χ1) is 18.0. The highest BCUT2D eigenvalue weighted by Crippen LogP contribution is 2.32. The molecule has 1 aromatic heterocycles. The number of aromatic nitrogens is 1. The third kappa shape index (κ3) is 5.02. The molecule has 3 aromatic carbocycles. The van der Waals surface area contributed by atoms with Crippen molar-refractivity contribution in [2.45, 2.75) is 6.92 Å². The first-order valence-electron chi connectivity index (χ1n) is 12.3. The maximum Gasteiger partial charge on any atom is 0.255 e. The molecule has 0 spiro atoms. The summed E-state index contributed by atoms with van der Waals surface area (Å²) < 4.78 is 12.7. The van der Waals surface area contributed by atoms with Gasteiger partial charge in [-0.25, -0.2) is 0 Å². The van der Waals surface area contributed by atoms with E-state index in [1.807, 2.05) is 78.6 Å². The van der Waals surface area contributed by atoms with Gasteiger partial charge < -0.3 is 23.8 Å². The molecule has 1 saturated heterocycles. The van der Waals surface area contributed by atoms with Crippen molar-refractivity contribution < 1.29 is 14.3 Å². The minimum atomic E-state index is 0.0503. The maximum absolute atomic E-state index is 13.8. The van der Waals surface area contributed by atoms with E-state index in [4.69, 9.17) is 21.1 Å². The van der Waals surface area contributed by atoms with E-state index in [2.05, 4.69) is 21.6 Å². The van der Waals surface area contributed by atoms with Gasteiger partial charge in [0.25, 0.3) is 5.91 Å². The summed E-state index contributed by atoms with van der Waals surface area (Å²) in [6.07, 6.45) is 0. The molecule has 0 radical (unpaired) electrons. The normalized spacial score (nSPS) is 13.5. The van der Waals surface area contributed by atoms with Gasteiger partial charge in [0.15, 0.2) is 0 Å². The first kappa shape index (κ1) is 24.8. The molecule has 2 heterocycles. The summed E-state index contributed by atoms with van der Waals surface area (Å²) in [5.74, 6) is 1.67. The van der Waals surface area contributed by atoms with Crippen LogP contribution >= 0.6 is 11.6 Å². The number of rotatable bonds is 6. The van der Waals surface area contributed by atoms with Crippen molar-refractivity contribution >= 4 is 23.2 Å². The predicted molar refractivity (Wildman–Crippen MR) is 149 cm³/mol. The Balaban J connectivity index is 1.43. The van der Waals surface area contributed by atoms with E-state index < -0.39 is 0 Å². The zero-order chi connectivity index (χ0) is 25.9. The lowest BCUT2D eigenvalue weighted by molar-refractivity contribution is 0.0746. The molecule has 0 N–H and O–H groups in total. The van der Waals surface area contributed by atoms with Gasteiger partial charge in [-0.1, -0.05) is 23.7 Å². The second-order valence-corrected chi connectivity index (χ2v) is 9.48. The van der Waals surface area contributed by atoms with Crippen molar-refractivity contribution in [2.75, 3.05) is 45.3 Å². The molecule has 1 aliphatic rings. The third-order valence-electron chi connectivity index (χ3n) is 6.95. The van der Waals surface area contributed by atoms with E-state index in [1.165, 1.54) is 0 Å². The Morgan fingerprint density at radius 1 is 0.757 bits per heavy atom. The van der Waals surface area contributed by atoms with Gasteiger partial charge >= 0.3 is 0 Å². The lowest BCUT2D eigenvalue weighted by Gasteiger charge is -2.36. The molecule has 1 fully saturated rings. The van der Waals surface area contributed by atoms with Crippen LogP contribution in [0.1, 0.15) is 16.1 Å². The summed E-state index contributed by atoms with van der Waals surface area (Å²) in [5.41, 5.74) is 5.65. The number of methoxy groups -OCH3 is 2. The van der Waals surface area contributed by atoms with Crippen LogP contribution in [-0.2, 0) is 0 Å². The minimum absolute atomic E-state index is 0.0503. The SMILES string of the molecule is COc1ccc(N2CCN(C(=O)c3cc(-c4ccc(Cl)cc4)n(-c4ccc(OC)cc4)c3C)CC2)cc1. The number of benzene rings is 3. The molecule has 0 bridgehead atoms. The zero-order valence-corrected chi connectivity index (χ0v) is 22.0. The van der Waals surface area contributed by atoms with Gasteiger partial charge in [-0.15, -0.1) is 0 Å². The summed E-state index contributed by atoms with van der Waals surface area (Å²) in [6, 6.07) is 25.7. The molecule has 37 heavy (non-hydrogen) atoms. The molecule has 0 saturated carbocycles. The number of hydrogen-bond donors (Lipinski definition) is 0. The number of carbonyl (C=O) groups is 1. The molecule has 5 rings (SSSR count). The fourth-order valence-electron chi connectivity index (χ4n) is 4.85. The van der Waals surface area contributed by atoms with Crippen molar-refractivity contribution in [2.24, 2.45) is 0 Å². The number of anilines is 1. The first-order valence-corrected chi connectivity index (χ1v) is 12.7. The number of hydrogen-bond acceptors (Lipinski definition) is 4. The Kier molecular flexibility index (Phi) is 7.10. The Bertz CT molecular complexity index is 1370. The Morgan fingerprint density at radius 2 is 1.30 bits per heavy atom. The molecule has 190 valence electrons. The van der Waals surface area contributed by atoms with Gasteiger partial charge in [-0.2, -0.15) is 0 Å². The van der Waals surface area contributed by atoms with Crippen LogP contribution in [0.25, 0.3) is 16.9 Å². The van der Waals surface area contributed by atoms with Crippen LogP contribution in [-0.4, -0.2) is 55.8 Å². The van der Waals surface area contributed by atoms with Crippen LogP contribution in [0.15, 0.2) is 78.9 Å². The second-order valence-electron chi connectivity index (χ2n) is 9.05. The molecular formula is C30H30ClN3O3. The monoisotopic (exact) mass is 515 g/mol. The standard InChI is InChI=1S/C30H30ClN3O3/c1-21-28(30(35)33-18-16-32(17-19-33)24-8-12-26(36-2)13-9-24)20-29(22-4-6-23(31)7-5-22)34(21)25-10-14-27(37-3)15-11-25/h4-15,20H,16-19H2,1-3H3. The summed E-state index contributed by atoms with van der Waals surface area (Å²) >= 11 is 6.16. The molecule has 7 heteroatoms. The lowest BCUT2D eigenvalue weighted by Crippen LogP contribution is -2.48. The van der Waals surface area contributed by atoms with Gasteiger partial charge in [0.1, 0.15) is 11.5 Å². The van der Waals surface area contributed by atoms with Gasteiger partial charge in [-0.05, 0) is 79.2 Å². The number of amides is 1. The molecule has 1 aliphatic heterocycles. The number of ether oxygens (including phenoxy) is 2. The number of piperazine rings is 1. The van der Waals surface area contributed by atoms with Crippen molar-refractivity contribution in [1.29, 1.82) is 0 Å². The molecule has 0 aliphatic carbocycles. The average molecular weight is 516 g/mol. The van der Waals surface area contributed by atoms with Crippen molar-refractivity contribution in [1.82, 2.24) is 9.47 Å². The van der Waals surface area contributed by atoms with Gasteiger partial charge in [0.2, 0.25) is 0 Å². The fourth-order valence-corrected chi connectivity index (χ4v) is 4.98. The van der Waals surface area contributed by atoms with E-state index in [9.17, 15) is 4.79 Å². The quantitative estimate of drug-likeness (QED) is 0.312. The van der Waals surface area contributed by atoms with Crippen molar-refractivity contribution in [3.8, 4) is 28.4 Å². The molecule has 0 atom stereocenters. The van der Waals surface area contributed by atoms with Crippen LogP contribution in [0.3, 0.4) is 0 Å². The van der Waals surface area contributed by atoms with E-state index in [0.29, 0.717) is 23.7 Å². The Hall–Kier alpha value is -3.90. The highest BCUT2D eigenvalue weighted by atomic mass is 35.5. The molecule has 6 nitrogen and oxygen atoms in total. The van der Waals surface area contributed by atoms with E-state index in [-0.39, 0.29) is 5.91 Å². The number of carbonyl (C=O) groups excluding carboxylic acids is 1. The topological polar surface area (TPSA) is 46.9 Å². The lowest BCUT2D eigenvalue weighted by atomic mass is 10.1. The molecule has 1 amide bonds. The fraction of sp³-hybridized carbons (Fsp3) is 0.233.